The van der Waals surface area contributed by atoms with Crippen LogP contribution in [0.1, 0.15) is 5.69 Å². The standard InChI is InChI=1S/C14H15ClIN3O2/c1-17-14-12(16)9(7-20-2)18-13(19-14)11-8(15)5-4-6-10(11)21-3/h4-6H,7H2,1-3H3,(H,17,18,19). The van der Waals surface area contributed by atoms with Gasteiger partial charge in [0.2, 0.25) is 0 Å². The van der Waals surface area contributed by atoms with Crippen molar-refractivity contribution in [2.24, 2.45) is 0 Å². The highest BCUT2D eigenvalue weighted by molar-refractivity contribution is 14.1. The van der Waals surface area contributed by atoms with E-state index in [1.807, 2.05) is 19.2 Å². The molecule has 0 saturated carbocycles. The quantitative estimate of drug-likeness (QED) is 0.751. The lowest BCUT2D eigenvalue weighted by Crippen LogP contribution is -2.07. The number of hydrogen-bond donors (Lipinski definition) is 1. The maximum Gasteiger partial charge on any atom is 0.167 e. The Hall–Kier alpha value is -1.12. The van der Waals surface area contributed by atoms with Crippen LogP contribution in [-0.2, 0) is 11.3 Å². The topological polar surface area (TPSA) is 56.3 Å². The van der Waals surface area contributed by atoms with Crippen molar-refractivity contribution in [1.29, 1.82) is 0 Å². The molecule has 0 atom stereocenters. The second kappa shape index (κ2) is 7.24. The SMILES string of the molecule is CNc1nc(-c2c(Cl)cccc2OC)nc(COC)c1I. The number of benzene rings is 1. The molecule has 2 aromatic rings. The fourth-order valence-corrected chi connectivity index (χ4v) is 2.81. The van der Waals surface area contributed by atoms with Crippen LogP contribution in [0.25, 0.3) is 11.4 Å². The van der Waals surface area contributed by atoms with Gasteiger partial charge in [0.15, 0.2) is 5.82 Å². The Balaban J connectivity index is 2.67. The number of rotatable bonds is 5. The molecule has 21 heavy (non-hydrogen) atoms. The Morgan fingerprint density at radius 1 is 1.29 bits per heavy atom. The molecule has 0 amide bonds. The number of hydrogen-bond acceptors (Lipinski definition) is 5. The first kappa shape index (κ1) is 16.3. The van der Waals surface area contributed by atoms with Gasteiger partial charge in [-0.25, -0.2) is 9.97 Å². The largest absolute Gasteiger partial charge is 0.496 e. The lowest BCUT2D eigenvalue weighted by Gasteiger charge is -2.13. The van der Waals surface area contributed by atoms with Gasteiger partial charge in [-0.2, -0.15) is 0 Å². The molecule has 1 heterocycles. The monoisotopic (exact) mass is 419 g/mol. The Bertz CT molecular complexity index is 652. The molecule has 1 N–H and O–H groups in total. The molecule has 1 aromatic carbocycles. The molecule has 5 nitrogen and oxygen atoms in total. The minimum atomic E-state index is 0.398. The summed E-state index contributed by atoms with van der Waals surface area (Å²) in [7, 11) is 5.04. The van der Waals surface area contributed by atoms with Crippen molar-refractivity contribution < 1.29 is 9.47 Å². The van der Waals surface area contributed by atoms with Gasteiger partial charge in [0.05, 0.1) is 33.6 Å². The van der Waals surface area contributed by atoms with Crippen LogP contribution in [0.4, 0.5) is 5.82 Å². The van der Waals surface area contributed by atoms with Crippen LogP contribution in [0.15, 0.2) is 18.2 Å². The number of nitrogens with zero attached hydrogens (tertiary/aromatic N) is 2. The third-order valence-corrected chi connectivity index (χ3v) is 4.31. The van der Waals surface area contributed by atoms with E-state index in [0.717, 1.165) is 15.1 Å². The van der Waals surface area contributed by atoms with Gasteiger partial charge in [-0.15, -0.1) is 0 Å². The fraction of sp³-hybridized carbons (Fsp3) is 0.286. The molecule has 0 aliphatic heterocycles. The van der Waals surface area contributed by atoms with E-state index >= 15 is 0 Å². The van der Waals surface area contributed by atoms with E-state index in [1.165, 1.54) is 0 Å². The minimum Gasteiger partial charge on any atom is -0.496 e. The van der Waals surface area contributed by atoms with Crippen LogP contribution in [0.5, 0.6) is 5.75 Å². The van der Waals surface area contributed by atoms with E-state index in [2.05, 4.69) is 37.9 Å². The maximum atomic E-state index is 6.29. The zero-order chi connectivity index (χ0) is 15.4. The van der Waals surface area contributed by atoms with Crippen LogP contribution < -0.4 is 10.1 Å². The minimum absolute atomic E-state index is 0.398. The highest BCUT2D eigenvalue weighted by Crippen LogP contribution is 2.35. The van der Waals surface area contributed by atoms with Crippen molar-refractivity contribution in [3.05, 3.63) is 32.5 Å². The number of methoxy groups -OCH3 is 2. The normalized spacial score (nSPS) is 10.5. The Kier molecular flexibility index (Phi) is 5.60. The molecule has 2 rings (SSSR count). The zero-order valence-electron chi connectivity index (χ0n) is 11.9. The summed E-state index contributed by atoms with van der Waals surface area (Å²) in [4.78, 5) is 9.09. The molecule has 1 aromatic heterocycles. The third kappa shape index (κ3) is 3.38. The summed E-state index contributed by atoms with van der Waals surface area (Å²) in [5, 5.41) is 3.61. The van der Waals surface area contributed by atoms with Crippen molar-refractivity contribution in [3.8, 4) is 17.1 Å². The average molecular weight is 420 g/mol. The van der Waals surface area contributed by atoms with Gasteiger partial charge in [0, 0.05) is 14.2 Å². The highest BCUT2D eigenvalue weighted by Gasteiger charge is 2.17. The highest BCUT2D eigenvalue weighted by atomic mass is 127. The molecule has 0 unspecified atom stereocenters. The van der Waals surface area contributed by atoms with Crippen molar-refractivity contribution in [2.45, 2.75) is 6.61 Å². The number of anilines is 1. The summed E-state index contributed by atoms with van der Waals surface area (Å²) in [6.07, 6.45) is 0. The summed E-state index contributed by atoms with van der Waals surface area (Å²) in [6.45, 7) is 0.398. The van der Waals surface area contributed by atoms with Crippen LogP contribution in [-0.4, -0.2) is 31.2 Å². The number of aromatic nitrogens is 2. The van der Waals surface area contributed by atoms with Crippen molar-refractivity contribution in [1.82, 2.24) is 9.97 Å². The number of ether oxygens (including phenoxy) is 2. The molecule has 0 bridgehead atoms. The Labute approximate surface area is 142 Å². The molecular weight excluding hydrogens is 405 g/mol. The number of halogens is 2. The predicted octanol–water partition coefficient (Wildman–Crippen LogP) is 3.60. The van der Waals surface area contributed by atoms with Gasteiger partial charge in [-0.1, -0.05) is 17.7 Å². The van der Waals surface area contributed by atoms with Gasteiger partial charge in [-0.3, -0.25) is 0 Å². The van der Waals surface area contributed by atoms with E-state index in [0.29, 0.717) is 28.8 Å². The summed E-state index contributed by atoms with van der Waals surface area (Å²) >= 11 is 8.49. The van der Waals surface area contributed by atoms with Crippen LogP contribution >= 0.6 is 34.2 Å². The first-order valence-corrected chi connectivity index (χ1v) is 7.64. The van der Waals surface area contributed by atoms with E-state index in [-0.39, 0.29) is 0 Å². The number of nitrogens with one attached hydrogen (secondary N) is 1. The maximum absolute atomic E-state index is 6.29. The lowest BCUT2D eigenvalue weighted by atomic mass is 10.2. The molecule has 0 radical (unpaired) electrons. The van der Waals surface area contributed by atoms with Gasteiger partial charge >= 0.3 is 0 Å². The van der Waals surface area contributed by atoms with Gasteiger partial charge in [0.25, 0.3) is 0 Å². The second-order valence-corrected chi connectivity index (χ2v) is 5.64. The predicted molar refractivity (Wildman–Crippen MR) is 92.0 cm³/mol. The zero-order valence-corrected chi connectivity index (χ0v) is 14.8. The molecule has 0 spiro atoms. The van der Waals surface area contributed by atoms with E-state index in [4.69, 9.17) is 21.1 Å². The van der Waals surface area contributed by atoms with E-state index in [1.54, 1.807) is 20.3 Å². The first-order chi connectivity index (χ1) is 10.1. The van der Waals surface area contributed by atoms with E-state index < -0.39 is 0 Å². The third-order valence-electron chi connectivity index (χ3n) is 2.86. The second-order valence-electron chi connectivity index (χ2n) is 4.16. The van der Waals surface area contributed by atoms with Crippen LogP contribution in [0, 0.1) is 3.57 Å². The Morgan fingerprint density at radius 2 is 2.05 bits per heavy atom. The lowest BCUT2D eigenvalue weighted by molar-refractivity contribution is 0.181. The summed E-state index contributed by atoms with van der Waals surface area (Å²) in [5.41, 5.74) is 1.47. The van der Waals surface area contributed by atoms with Crippen LogP contribution in [0.3, 0.4) is 0 Å². The van der Waals surface area contributed by atoms with Crippen molar-refractivity contribution >= 4 is 40.0 Å². The molecular formula is C14H15ClIN3O2. The summed E-state index contributed by atoms with van der Waals surface area (Å²) in [5.74, 6) is 1.87. The molecule has 0 aliphatic rings. The first-order valence-electron chi connectivity index (χ1n) is 6.18. The van der Waals surface area contributed by atoms with Crippen molar-refractivity contribution in [2.75, 3.05) is 26.6 Å². The molecule has 7 heteroatoms. The van der Waals surface area contributed by atoms with Gasteiger partial charge in [0.1, 0.15) is 11.6 Å². The van der Waals surface area contributed by atoms with Crippen LogP contribution in [0.2, 0.25) is 5.02 Å². The average Bonchev–Trinajstić information content (AvgIpc) is 2.49. The molecule has 0 fully saturated rings. The molecule has 112 valence electrons. The molecule has 0 saturated heterocycles. The van der Waals surface area contributed by atoms with E-state index in [9.17, 15) is 0 Å². The fourth-order valence-electron chi connectivity index (χ4n) is 1.89. The van der Waals surface area contributed by atoms with Gasteiger partial charge < -0.3 is 14.8 Å². The smallest absolute Gasteiger partial charge is 0.167 e. The Morgan fingerprint density at radius 3 is 2.67 bits per heavy atom. The summed E-state index contributed by atoms with van der Waals surface area (Å²) < 4.78 is 11.5. The van der Waals surface area contributed by atoms with Crippen molar-refractivity contribution in [3.63, 3.8) is 0 Å². The summed E-state index contributed by atoms with van der Waals surface area (Å²) in [6, 6.07) is 5.44. The molecule has 0 aliphatic carbocycles. The van der Waals surface area contributed by atoms with Gasteiger partial charge in [-0.05, 0) is 34.7 Å².